The highest BCUT2D eigenvalue weighted by atomic mass is 19.4. The van der Waals surface area contributed by atoms with Gasteiger partial charge < -0.3 is 4.90 Å². The van der Waals surface area contributed by atoms with Crippen LogP contribution in [0, 0.1) is 0 Å². The number of hydrogen-bond acceptors (Lipinski definition) is 2. The van der Waals surface area contributed by atoms with Gasteiger partial charge in [-0.2, -0.15) is 18.3 Å². The summed E-state index contributed by atoms with van der Waals surface area (Å²) < 4.78 is 38.5. The lowest BCUT2D eigenvalue weighted by molar-refractivity contribution is -0.151. The lowest BCUT2D eigenvalue weighted by Crippen LogP contribution is -2.44. The van der Waals surface area contributed by atoms with Gasteiger partial charge in [0.25, 0.3) is 0 Å². The van der Waals surface area contributed by atoms with Crippen molar-refractivity contribution in [2.24, 2.45) is 0 Å². The van der Waals surface area contributed by atoms with E-state index >= 15 is 0 Å². The number of carbonyl (C=O) groups excluding carboxylic acids is 1. The van der Waals surface area contributed by atoms with Crippen LogP contribution in [0.3, 0.4) is 0 Å². The number of piperidine rings is 1. The Balaban J connectivity index is 1.87. The van der Waals surface area contributed by atoms with Crippen LogP contribution in [0.4, 0.5) is 13.2 Å². The molecule has 2 rings (SSSR count). The lowest BCUT2D eigenvalue weighted by atomic mass is 9.98. The van der Waals surface area contributed by atoms with Crippen molar-refractivity contribution in [2.45, 2.75) is 57.3 Å². The summed E-state index contributed by atoms with van der Waals surface area (Å²) >= 11 is 0. The SMILES string of the molecule is O=C(CCC(F)(F)F)N1CCCC[C@H]1CCn1cccn1. The molecule has 4 nitrogen and oxygen atoms in total. The van der Waals surface area contributed by atoms with E-state index in [4.69, 9.17) is 0 Å². The maximum Gasteiger partial charge on any atom is 0.389 e. The summed E-state index contributed by atoms with van der Waals surface area (Å²) in [5.41, 5.74) is 0. The number of rotatable bonds is 5. The van der Waals surface area contributed by atoms with E-state index in [2.05, 4.69) is 5.10 Å². The molecular weight excluding hydrogens is 283 g/mol. The normalized spacial score (nSPS) is 19.8. The van der Waals surface area contributed by atoms with Crippen molar-refractivity contribution < 1.29 is 18.0 Å². The van der Waals surface area contributed by atoms with E-state index in [-0.39, 0.29) is 11.9 Å². The van der Waals surface area contributed by atoms with E-state index in [1.165, 1.54) is 0 Å². The van der Waals surface area contributed by atoms with Crippen LogP contribution in [0.25, 0.3) is 0 Å². The first-order chi connectivity index (χ1) is 9.96. The van der Waals surface area contributed by atoms with E-state index in [0.717, 1.165) is 25.7 Å². The molecule has 7 heteroatoms. The number of hydrogen-bond donors (Lipinski definition) is 0. The van der Waals surface area contributed by atoms with Gasteiger partial charge in [-0.1, -0.05) is 0 Å². The van der Waals surface area contributed by atoms with Crippen molar-refractivity contribution in [3.8, 4) is 0 Å². The number of alkyl halides is 3. The van der Waals surface area contributed by atoms with Gasteiger partial charge >= 0.3 is 6.18 Å². The van der Waals surface area contributed by atoms with Gasteiger partial charge in [-0.15, -0.1) is 0 Å². The average Bonchev–Trinajstić information content (AvgIpc) is 2.95. The van der Waals surface area contributed by atoms with Crippen LogP contribution in [-0.4, -0.2) is 39.4 Å². The molecular formula is C14H20F3N3O. The van der Waals surface area contributed by atoms with Crippen LogP contribution in [-0.2, 0) is 11.3 Å². The second-order valence-electron chi connectivity index (χ2n) is 5.41. The fourth-order valence-corrected chi connectivity index (χ4v) is 2.74. The number of aromatic nitrogens is 2. The minimum absolute atomic E-state index is 0.0312. The van der Waals surface area contributed by atoms with Crippen LogP contribution < -0.4 is 0 Å². The monoisotopic (exact) mass is 303 g/mol. The van der Waals surface area contributed by atoms with E-state index in [1.807, 2.05) is 12.3 Å². The van der Waals surface area contributed by atoms with Crippen molar-refractivity contribution in [1.29, 1.82) is 0 Å². The molecule has 0 unspecified atom stereocenters. The molecule has 1 aliphatic heterocycles. The molecule has 0 aliphatic carbocycles. The molecule has 0 bridgehead atoms. The van der Waals surface area contributed by atoms with Gasteiger partial charge in [0.05, 0.1) is 6.42 Å². The number of halogens is 3. The Hall–Kier alpha value is -1.53. The summed E-state index contributed by atoms with van der Waals surface area (Å²) in [6, 6.07) is 1.86. The molecule has 0 spiro atoms. The molecule has 2 heterocycles. The summed E-state index contributed by atoms with van der Waals surface area (Å²) in [4.78, 5) is 13.7. The summed E-state index contributed by atoms with van der Waals surface area (Å²) in [5.74, 6) is -0.377. The van der Waals surface area contributed by atoms with Crippen molar-refractivity contribution in [1.82, 2.24) is 14.7 Å². The fraction of sp³-hybridized carbons (Fsp3) is 0.714. The highest BCUT2D eigenvalue weighted by molar-refractivity contribution is 5.76. The van der Waals surface area contributed by atoms with Crippen LogP contribution >= 0.6 is 0 Å². The molecule has 1 aromatic rings. The van der Waals surface area contributed by atoms with Gasteiger partial charge in [0.1, 0.15) is 0 Å². The van der Waals surface area contributed by atoms with Gasteiger partial charge in [0.15, 0.2) is 0 Å². The third kappa shape index (κ3) is 5.06. The zero-order valence-corrected chi connectivity index (χ0v) is 11.9. The number of nitrogens with zero attached hydrogens (tertiary/aromatic N) is 3. The van der Waals surface area contributed by atoms with Gasteiger partial charge in [-0.05, 0) is 31.7 Å². The highest BCUT2D eigenvalue weighted by Crippen LogP contribution is 2.25. The van der Waals surface area contributed by atoms with E-state index in [9.17, 15) is 18.0 Å². The molecule has 1 atom stereocenters. The molecule has 1 fully saturated rings. The Bertz CT molecular complexity index is 445. The topological polar surface area (TPSA) is 38.1 Å². The molecule has 0 radical (unpaired) electrons. The Morgan fingerprint density at radius 2 is 2.14 bits per heavy atom. The second kappa shape index (κ2) is 6.95. The maximum absolute atomic E-state index is 12.2. The van der Waals surface area contributed by atoms with Crippen molar-refractivity contribution >= 4 is 5.91 Å². The Labute approximate surface area is 121 Å². The molecule has 1 aliphatic rings. The van der Waals surface area contributed by atoms with Crippen LogP contribution in [0.1, 0.15) is 38.5 Å². The average molecular weight is 303 g/mol. The molecule has 21 heavy (non-hydrogen) atoms. The first kappa shape index (κ1) is 15.9. The van der Waals surface area contributed by atoms with Crippen LogP contribution in [0.15, 0.2) is 18.5 Å². The fourth-order valence-electron chi connectivity index (χ4n) is 2.74. The molecule has 0 N–H and O–H groups in total. The Morgan fingerprint density at radius 1 is 1.33 bits per heavy atom. The van der Waals surface area contributed by atoms with Gasteiger partial charge in [-0.25, -0.2) is 0 Å². The zero-order valence-electron chi connectivity index (χ0n) is 11.9. The summed E-state index contributed by atoms with van der Waals surface area (Å²) in [6.07, 6.45) is 1.28. The highest BCUT2D eigenvalue weighted by Gasteiger charge is 2.31. The first-order valence-corrected chi connectivity index (χ1v) is 7.29. The summed E-state index contributed by atoms with van der Waals surface area (Å²) in [6.45, 7) is 1.25. The number of amides is 1. The van der Waals surface area contributed by atoms with Crippen LogP contribution in [0.2, 0.25) is 0 Å². The van der Waals surface area contributed by atoms with Crippen molar-refractivity contribution in [3.63, 3.8) is 0 Å². The van der Waals surface area contributed by atoms with Crippen molar-refractivity contribution in [3.05, 3.63) is 18.5 Å². The van der Waals surface area contributed by atoms with Gasteiger partial charge in [-0.3, -0.25) is 9.48 Å². The molecule has 1 saturated heterocycles. The molecule has 0 saturated carbocycles. The van der Waals surface area contributed by atoms with Gasteiger partial charge in [0.2, 0.25) is 5.91 Å². The maximum atomic E-state index is 12.2. The number of carbonyl (C=O) groups is 1. The standard InChI is InChI=1S/C14H20F3N3O/c15-14(16,17)7-5-13(21)20-10-2-1-4-12(20)6-11-19-9-3-8-18-19/h3,8-9,12H,1-2,4-7,10-11H2/t12-/m0/s1. The minimum atomic E-state index is -4.27. The van der Waals surface area contributed by atoms with E-state index < -0.39 is 19.0 Å². The largest absolute Gasteiger partial charge is 0.389 e. The molecule has 118 valence electrons. The third-order valence-corrected chi connectivity index (χ3v) is 3.82. The number of likely N-dealkylation sites (tertiary alicyclic amines) is 1. The lowest BCUT2D eigenvalue weighted by Gasteiger charge is -2.36. The predicted octanol–water partition coefficient (Wildman–Crippen LogP) is 3.00. The smallest absolute Gasteiger partial charge is 0.340 e. The molecule has 1 aromatic heterocycles. The quantitative estimate of drug-likeness (QED) is 0.838. The van der Waals surface area contributed by atoms with Crippen molar-refractivity contribution in [2.75, 3.05) is 6.54 Å². The first-order valence-electron chi connectivity index (χ1n) is 7.29. The minimum Gasteiger partial charge on any atom is -0.340 e. The van der Waals surface area contributed by atoms with Gasteiger partial charge in [0, 0.05) is 37.9 Å². The molecule has 1 amide bonds. The summed E-state index contributed by atoms with van der Waals surface area (Å²) in [5, 5.41) is 4.10. The molecule has 0 aromatic carbocycles. The van der Waals surface area contributed by atoms with Crippen LogP contribution in [0.5, 0.6) is 0 Å². The van der Waals surface area contributed by atoms with E-state index in [0.29, 0.717) is 13.1 Å². The third-order valence-electron chi connectivity index (χ3n) is 3.82. The second-order valence-corrected chi connectivity index (χ2v) is 5.41. The summed E-state index contributed by atoms with van der Waals surface area (Å²) in [7, 11) is 0. The predicted molar refractivity (Wildman–Crippen MR) is 71.5 cm³/mol. The zero-order chi connectivity index (χ0) is 15.3. The van der Waals surface area contributed by atoms with E-state index in [1.54, 1.807) is 15.8 Å². The Morgan fingerprint density at radius 3 is 2.81 bits per heavy atom. The number of aryl methyl sites for hydroxylation is 1. The Kier molecular flexibility index (Phi) is 5.25.